The maximum absolute atomic E-state index is 12.9. The molecule has 1 aromatic carbocycles. The molecule has 4 rings (SSSR count). The minimum Gasteiger partial charge on any atom is -0.326 e. The zero-order chi connectivity index (χ0) is 18.4. The number of nitrogens with two attached hydrogens (primary N) is 1. The highest BCUT2D eigenvalue weighted by atomic mass is 16.2. The van der Waals surface area contributed by atoms with Gasteiger partial charge in [-0.05, 0) is 37.0 Å². The highest BCUT2D eigenvalue weighted by Gasteiger charge is 2.40. The van der Waals surface area contributed by atoms with Crippen LogP contribution in [0.4, 0.5) is 0 Å². The van der Waals surface area contributed by atoms with Crippen LogP contribution in [0, 0.1) is 0 Å². The molecule has 138 valence electrons. The second kappa shape index (κ2) is 6.48. The molecule has 0 spiro atoms. The van der Waals surface area contributed by atoms with Crippen molar-refractivity contribution in [1.82, 2.24) is 15.1 Å². The molecule has 0 radical (unpaired) electrons. The van der Waals surface area contributed by atoms with E-state index in [-0.39, 0.29) is 30.2 Å². The van der Waals surface area contributed by atoms with Gasteiger partial charge in [0.15, 0.2) is 0 Å². The van der Waals surface area contributed by atoms with E-state index in [0.29, 0.717) is 24.6 Å². The van der Waals surface area contributed by atoms with Gasteiger partial charge in [0.25, 0.3) is 5.91 Å². The molecule has 1 aromatic rings. The van der Waals surface area contributed by atoms with E-state index in [2.05, 4.69) is 23.2 Å². The first kappa shape index (κ1) is 17.2. The number of piperidine rings is 1. The lowest BCUT2D eigenvalue weighted by Gasteiger charge is -2.29. The largest absolute Gasteiger partial charge is 0.326 e. The summed E-state index contributed by atoms with van der Waals surface area (Å²) in [5.41, 5.74) is 8.91. The molecule has 2 saturated heterocycles. The van der Waals surface area contributed by atoms with E-state index in [1.54, 1.807) is 4.90 Å². The number of fused-ring (bicyclic) bond motifs is 1. The number of benzene rings is 1. The first-order chi connectivity index (χ1) is 12.5. The second-order valence-electron chi connectivity index (χ2n) is 7.51. The van der Waals surface area contributed by atoms with E-state index in [1.807, 2.05) is 12.1 Å². The number of rotatable bonds is 3. The van der Waals surface area contributed by atoms with Crippen LogP contribution in [-0.2, 0) is 22.7 Å². The molecule has 3 N–H and O–H groups in total. The molecule has 2 fully saturated rings. The highest BCUT2D eigenvalue weighted by Crippen LogP contribution is 2.31. The van der Waals surface area contributed by atoms with Gasteiger partial charge in [-0.25, -0.2) is 0 Å². The van der Waals surface area contributed by atoms with E-state index in [0.717, 1.165) is 30.6 Å². The fraction of sp³-hybridized carbons (Fsp3) is 0.526. The minimum atomic E-state index is -0.570. The number of likely N-dealkylation sites (tertiary alicyclic amines) is 1. The quantitative estimate of drug-likeness (QED) is 0.763. The third-order valence-electron chi connectivity index (χ3n) is 6.00. The SMILES string of the molecule is CC1C(N)CCN1Cc1cccc2c1CN(C1CCC(=O)NC1=O)C2=O. The Kier molecular flexibility index (Phi) is 4.28. The van der Waals surface area contributed by atoms with Gasteiger partial charge in [0, 0.05) is 43.7 Å². The monoisotopic (exact) mass is 356 g/mol. The van der Waals surface area contributed by atoms with Crippen LogP contribution in [0.15, 0.2) is 18.2 Å². The molecule has 3 aliphatic heterocycles. The van der Waals surface area contributed by atoms with E-state index in [1.165, 1.54) is 0 Å². The number of carbonyl (C=O) groups excluding carboxylic acids is 3. The van der Waals surface area contributed by atoms with Crippen LogP contribution in [0.1, 0.15) is 47.7 Å². The first-order valence-electron chi connectivity index (χ1n) is 9.20. The maximum atomic E-state index is 12.9. The Hall–Kier alpha value is -2.25. The lowest BCUT2D eigenvalue weighted by Crippen LogP contribution is -2.52. The summed E-state index contributed by atoms with van der Waals surface area (Å²) in [4.78, 5) is 40.4. The number of carbonyl (C=O) groups is 3. The summed E-state index contributed by atoms with van der Waals surface area (Å²) in [6.07, 6.45) is 1.64. The molecule has 0 aliphatic carbocycles. The Balaban J connectivity index is 1.56. The van der Waals surface area contributed by atoms with Crippen molar-refractivity contribution in [3.63, 3.8) is 0 Å². The van der Waals surface area contributed by atoms with Crippen LogP contribution in [-0.4, -0.2) is 52.2 Å². The van der Waals surface area contributed by atoms with Crippen LogP contribution < -0.4 is 11.1 Å². The molecule has 0 saturated carbocycles. The standard InChI is InChI=1S/C19H24N4O3/c1-11-15(20)7-8-22(11)9-12-3-2-4-13-14(12)10-23(19(13)26)16-5-6-17(24)21-18(16)25/h2-4,11,15-16H,5-10,20H2,1H3,(H,21,24,25). The number of imide groups is 1. The molecule has 3 unspecified atom stereocenters. The van der Waals surface area contributed by atoms with Crippen LogP contribution in [0.3, 0.4) is 0 Å². The molecule has 0 bridgehead atoms. The smallest absolute Gasteiger partial charge is 0.255 e. The minimum absolute atomic E-state index is 0.123. The lowest BCUT2D eigenvalue weighted by molar-refractivity contribution is -0.136. The molecule has 3 amide bonds. The average molecular weight is 356 g/mol. The summed E-state index contributed by atoms with van der Waals surface area (Å²) in [5.74, 6) is -0.763. The third-order valence-corrected chi connectivity index (χ3v) is 6.00. The summed E-state index contributed by atoms with van der Waals surface area (Å²) >= 11 is 0. The van der Waals surface area contributed by atoms with Gasteiger partial charge in [0.05, 0.1) is 0 Å². The summed E-state index contributed by atoms with van der Waals surface area (Å²) in [5, 5.41) is 2.34. The van der Waals surface area contributed by atoms with Crippen LogP contribution in [0.25, 0.3) is 0 Å². The third kappa shape index (κ3) is 2.81. The predicted molar refractivity (Wildman–Crippen MR) is 95.0 cm³/mol. The predicted octanol–water partition coefficient (Wildman–Crippen LogP) is 0.369. The Morgan fingerprint density at radius 2 is 2.04 bits per heavy atom. The summed E-state index contributed by atoms with van der Waals surface area (Å²) < 4.78 is 0. The van der Waals surface area contributed by atoms with E-state index < -0.39 is 6.04 Å². The lowest BCUT2D eigenvalue weighted by atomic mass is 10.0. The topological polar surface area (TPSA) is 95.7 Å². The molecular weight excluding hydrogens is 332 g/mol. The molecular formula is C19H24N4O3. The van der Waals surface area contributed by atoms with Gasteiger partial charge in [0.2, 0.25) is 11.8 Å². The van der Waals surface area contributed by atoms with Crippen LogP contribution in [0.5, 0.6) is 0 Å². The van der Waals surface area contributed by atoms with Crippen molar-refractivity contribution in [3.05, 3.63) is 34.9 Å². The van der Waals surface area contributed by atoms with Gasteiger partial charge in [-0.2, -0.15) is 0 Å². The second-order valence-corrected chi connectivity index (χ2v) is 7.51. The first-order valence-corrected chi connectivity index (χ1v) is 9.20. The Morgan fingerprint density at radius 1 is 1.23 bits per heavy atom. The van der Waals surface area contributed by atoms with Gasteiger partial charge < -0.3 is 10.6 Å². The summed E-state index contributed by atoms with van der Waals surface area (Å²) in [7, 11) is 0. The number of hydrogen-bond donors (Lipinski definition) is 2. The Morgan fingerprint density at radius 3 is 2.73 bits per heavy atom. The van der Waals surface area contributed by atoms with Gasteiger partial charge in [0.1, 0.15) is 6.04 Å². The number of nitrogens with one attached hydrogen (secondary N) is 1. The zero-order valence-corrected chi connectivity index (χ0v) is 14.9. The van der Waals surface area contributed by atoms with Crippen molar-refractivity contribution in [2.24, 2.45) is 5.73 Å². The van der Waals surface area contributed by atoms with E-state index in [4.69, 9.17) is 5.73 Å². The fourth-order valence-electron chi connectivity index (χ4n) is 4.27. The molecule has 0 aromatic heterocycles. The summed E-state index contributed by atoms with van der Waals surface area (Å²) in [6.45, 7) is 4.28. The van der Waals surface area contributed by atoms with Gasteiger partial charge in [-0.15, -0.1) is 0 Å². The van der Waals surface area contributed by atoms with Crippen LogP contribution >= 0.6 is 0 Å². The van der Waals surface area contributed by atoms with Crippen molar-refractivity contribution in [1.29, 1.82) is 0 Å². The van der Waals surface area contributed by atoms with Crippen LogP contribution in [0.2, 0.25) is 0 Å². The van der Waals surface area contributed by atoms with E-state index in [9.17, 15) is 14.4 Å². The van der Waals surface area contributed by atoms with Crippen molar-refractivity contribution < 1.29 is 14.4 Å². The zero-order valence-electron chi connectivity index (χ0n) is 14.9. The molecule has 3 aliphatic rings. The van der Waals surface area contributed by atoms with Crippen molar-refractivity contribution >= 4 is 17.7 Å². The fourth-order valence-corrected chi connectivity index (χ4v) is 4.27. The number of nitrogens with zero attached hydrogens (tertiary/aromatic N) is 2. The molecule has 3 atom stereocenters. The van der Waals surface area contributed by atoms with Gasteiger partial charge >= 0.3 is 0 Å². The normalized spacial score (nSPS) is 29.2. The molecule has 7 heteroatoms. The average Bonchev–Trinajstić information content (AvgIpc) is 3.11. The van der Waals surface area contributed by atoms with Gasteiger partial charge in [-0.3, -0.25) is 24.6 Å². The molecule has 26 heavy (non-hydrogen) atoms. The van der Waals surface area contributed by atoms with Crippen molar-refractivity contribution in [2.75, 3.05) is 6.54 Å². The summed E-state index contributed by atoms with van der Waals surface area (Å²) in [6, 6.07) is 5.71. The Bertz CT molecular complexity index is 778. The van der Waals surface area contributed by atoms with Gasteiger partial charge in [-0.1, -0.05) is 12.1 Å². The highest BCUT2D eigenvalue weighted by molar-refractivity contribution is 6.05. The maximum Gasteiger partial charge on any atom is 0.255 e. The van der Waals surface area contributed by atoms with Crippen molar-refractivity contribution in [3.8, 4) is 0 Å². The molecule has 3 heterocycles. The number of hydrogen-bond acceptors (Lipinski definition) is 5. The van der Waals surface area contributed by atoms with E-state index >= 15 is 0 Å². The van der Waals surface area contributed by atoms with Crippen molar-refractivity contribution in [2.45, 2.75) is 57.4 Å². The number of amides is 3. The molecule has 7 nitrogen and oxygen atoms in total. The Labute approximate surface area is 152 Å².